The summed E-state index contributed by atoms with van der Waals surface area (Å²) in [6.45, 7) is 0. The number of benzene rings is 7. The number of rotatable bonds is 3. The van der Waals surface area contributed by atoms with Gasteiger partial charge in [-0.05, 0) is 60.7 Å². The van der Waals surface area contributed by atoms with Crippen LogP contribution in [0.2, 0.25) is 0 Å². The SMILES string of the molecule is c1ccc(-n2c3ccccc3c3c(-n4c5ccccc5c5c4ccc4c6ccccc6n(-c6ccccc6)c45)cccc32)cc1. The lowest BCUT2D eigenvalue weighted by Gasteiger charge is -2.12. The Morgan fingerprint density at radius 3 is 1.44 bits per heavy atom. The first-order valence-corrected chi connectivity index (χ1v) is 15.5. The molecule has 0 aliphatic rings. The third kappa shape index (κ3) is 3.30. The topological polar surface area (TPSA) is 14.8 Å². The minimum Gasteiger partial charge on any atom is -0.309 e. The second-order valence-corrected chi connectivity index (χ2v) is 11.8. The van der Waals surface area contributed by atoms with Crippen LogP contribution in [-0.4, -0.2) is 13.7 Å². The van der Waals surface area contributed by atoms with Crippen LogP contribution in [0.3, 0.4) is 0 Å². The van der Waals surface area contributed by atoms with Gasteiger partial charge in [-0.25, -0.2) is 0 Å². The molecule has 0 N–H and O–H groups in total. The summed E-state index contributed by atoms with van der Waals surface area (Å²) in [5, 5.41) is 7.56. The number of para-hydroxylation sites is 5. The van der Waals surface area contributed by atoms with Crippen LogP contribution < -0.4 is 0 Å². The lowest BCUT2D eigenvalue weighted by atomic mass is 10.1. The van der Waals surface area contributed by atoms with Crippen LogP contribution in [0.5, 0.6) is 0 Å². The van der Waals surface area contributed by atoms with Crippen LogP contribution in [0.1, 0.15) is 0 Å². The minimum absolute atomic E-state index is 1.16. The van der Waals surface area contributed by atoms with Gasteiger partial charge >= 0.3 is 0 Å². The van der Waals surface area contributed by atoms with E-state index in [0.29, 0.717) is 0 Å². The second kappa shape index (κ2) is 9.22. The Labute approximate surface area is 259 Å². The summed E-state index contributed by atoms with van der Waals surface area (Å²) in [4.78, 5) is 0. The number of aromatic nitrogens is 3. The first-order valence-electron chi connectivity index (χ1n) is 15.5. The van der Waals surface area contributed by atoms with Gasteiger partial charge < -0.3 is 13.7 Å². The molecule has 210 valence electrons. The average Bonchev–Trinajstić information content (AvgIpc) is 3.75. The quantitative estimate of drug-likeness (QED) is 0.200. The van der Waals surface area contributed by atoms with Crippen LogP contribution in [0.25, 0.3) is 82.5 Å². The zero-order valence-corrected chi connectivity index (χ0v) is 24.4. The van der Waals surface area contributed by atoms with E-state index in [1.165, 1.54) is 76.8 Å². The standard InChI is InChI=1S/C42H27N3/c1-3-14-28(15-4-1)43-35-22-11-8-19-32(35)40-37(43)24-13-25-38(40)45-36-23-12-9-20-33(36)41-39(45)27-26-31-30-18-7-10-21-34(30)44(42(31)41)29-16-5-2-6-17-29/h1-27H. The van der Waals surface area contributed by atoms with E-state index >= 15 is 0 Å². The molecule has 0 aliphatic carbocycles. The lowest BCUT2D eigenvalue weighted by molar-refractivity contribution is 1.17. The molecule has 7 aromatic carbocycles. The van der Waals surface area contributed by atoms with Crippen LogP contribution in [0, 0.1) is 0 Å². The maximum absolute atomic E-state index is 2.49. The highest BCUT2D eigenvalue weighted by Gasteiger charge is 2.23. The average molecular weight is 574 g/mol. The smallest absolute Gasteiger partial charge is 0.0641 e. The summed E-state index contributed by atoms with van der Waals surface area (Å²) in [6.07, 6.45) is 0. The van der Waals surface area contributed by atoms with Crippen LogP contribution in [0.15, 0.2) is 164 Å². The monoisotopic (exact) mass is 573 g/mol. The van der Waals surface area contributed by atoms with Gasteiger partial charge in [-0.15, -0.1) is 0 Å². The zero-order chi connectivity index (χ0) is 29.5. The number of hydrogen-bond acceptors (Lipinski definition) is 0. The lowest BCUT2D eigenvalue weighted by Crippen LogP contribution is -1.97. The molecule has 3 aromatic heterocycles. The van der Waals surface area contributed by atoms with Gasteiger partial charge in [-0.1, -0.05) is 103 Å². The van der Waals surface area contributed by atoms with Crippen LogP contribution >= 0.6 is 0 Å². The summed E-state index contributed by atoms with van der Waals surface area (Å²) in [6, 6.07) is 59.3. The van der Waals surface area contributed by atoms with Crippen LogP contribution in [0.4, 0.5) is 0 Å². The van der Waals surface area contributed by atoms with E-state index in [0.717, 1.165) is 5.69 Å². The predicted octanol–water partition coefficient (Wildman–Crippen LogP) is 11.0. The van der Waals surface area contributed by atoms with Crippen molar-refractivity contribution < 1.29 is 0 Å². The fourth-order valence-corrected chi connectivity index (χ4v) is 7.66. The Kier molecular flexibility index (Phi) is 5.00. The number of fused-ring (bicyclic) bond motifs is 10. The van der Waals surface area contributed by atoms with Crippen molar-refractivity contribution in [3.8, 4) is 17.1 Å². The third-order valence-electron chi connectivity index (χ3n) is 9.42. The molecule has 3 heteroatoms. The summed E-state index contributed by atoms with van der Waals surface area (Å²) in [5.41, 5.74) is 10.8. The second-order valence-electron chi connectivity index (χ2n) is 11.8. The van der Waals surface area contributed by atoms with Gasteiger partial charge in [0.2, 0.25) is 0 Å². The highest BCUT2D eigenvalue weighted by molar-refractivity contribution is 6.27. The molecule has 0 radical (unpaired) electrons. The summed E-state index contributed by atoms with van der Waals surface area (Å²) in [5.74, 6) is 0. The Morgan fingerprint density at radius 1 is 0.267 bits per heavy atom. The molecule has 10 rings (SSSR count). The Morgan fingerprint density at radius 2 is 0.756 bits per heavy atom. The third-order valence-corrected chi connectivity index (χ3v) is 9.42. The number of hydrogen-bond donors (Lipinski definition) is 0. The van der Waals surface area contributed by atoms with Crippen molar-refractivity contribution in [2.24, 2.45) is 0 Å². The predicted molar refractivity (Wildman–Crippen MR) is 189 cm³/mol. The molecule has 0 saturated carbocycles. The van der Waals surface area contributed by atoms with Gasteiger partial charge in [0, 0.05) is 43.7 Å². The van der Waals surface area contributed by atoms with E-state index in [1.807, 2.05) is 0 Å². The first-order chi connectivity index (χ1) is 22.4. The van der Waals surface area contributed by atoms with Gasteiger partial charge in [0.25, 0.3) is 0 Å². The molecule has 3 nitrogen and oxygen atoms in total. The molecule has 0 unspecified atom stereocenters. The molecule has 3 heterocycles. The molecule has 0 amide bonds. The van der Waals surface area contributed by atoms with E-state index in [2.05, 4.69) is 177 Å². The van der Waals surface area contributed by atoms with Gasteiger partial charge in [-0.2, -0.15) is 0 Å². The van der Waals surface area contributed by atoms with Gasteiger partial charge in [0.1, 0.15) is 0 Å². The maximum Gasteiger partial charge on any atom is 0.0641 e. The molecular formula is C42H27N3. The van der Waals surface area contributed by atoms with Crippen molar-refractivity contribution in [2.45, 2.75) is 0 Å². The van der Waals surface area contributed by atoms with Crippen molar-refractivity contribution in [1.82, 2.24) is 13.7 Å². The summed E-state index contributed by atoms with van der Waals surface area (Å²) in [7, 11) is 0. The Bertz CT molecular complexity index is 2740. The first kappa shape index (κ1) is 24.4. The van der Waals surface area contributed by atoms with Gasteiger partial charge in [0.15, 0.2) is 0 Å². The van der Waals surface area contributed by atoms with Crippen molar-refractivity contribution in [2.75, 3.05) is 0 Å². The fraction of sp³-hybridized carbons (Fsp3) is 0. The Hall–Kier alpha value is -6.06. The summed E-state index contributed by atoms with van der Waals surface area (Å²) >= 11 is 0. The highest BCUT2D eigenvalue weighted by Crippen LogP contribution is 2.44. The van der Waals surface area contributed by atoms with E-state index in [9.17, 15) is 0 Å². The van der Waals surface area contributed by atoms with Crippen molar-refractivity contribution >= 4 is 65.4 Å². The fourth-order valence-electron chi connectivity index (χ4n) is 7.66. The largest absolute Gasteiger partial charge is 0.309 e. The van der Waals surface area contributed by atoms with E-state index in [1.54, 1.807) is 0 Å². The van der Waals surface area contributed by atoms with Crippen LogP contribution in [-0.2, 0) is 0 Å². The normalized spacial score (nSPS) is 12.0. The van der Waals surface area contributed by atoms with E-state index in [-0.39, 0.29) is 0 Å². The summed E-state index contributed by atoms with van der Waals surface area (Å²) < 4.78 is 7.33. The molecular weight excluding hydrogens is 546 g/mol. The molecule has 0 atom stereocenters. The molecule has 0 fully saturated rings. The van der Waals surface area contributed by atoms with Crippen molar-refractivity contribution in [1.29, 1.82) is 0 Å². The molecule has 0 saturated heterocycles. The minimum atomic E-state index is 1.16. The molecule has 45 heavy (non-hydrogen) atoms. The van der Waals surface area contributed by atoms with Crippen molar-refractivity contribution in [3.63, 3.8) is 0 Å². The zero-order valence-electron chi connectivity index (χ0n) is 24.4. The van der Waals surface area contributed by atoms with E-state index in [4.69, 9.17) is 0 Å². The highest BCUT2D eigenvalue weighted by atomic mass is 15.0. The van der Waals surface area contributed by atoms with Gasteiger partial charge in [0.05, 0.1) is 38.8 Å². The van der Waals surface area contributed by atoms with Gasteiger partial charge in [-0.3, -0.25) is 0 Å². The molecule has 0 aliphatic heterocycles. The molecule has 0 spiro atoms. The molecule has 0 bridgehead atoms. The van der Waals surface area contributed by atoms with Crippen molar-refractivity contribution in [3.05, 3.63) is 164 Å². The molecule has 10 aromatic rings. The van der Waals surface area contributed by atoms with E-state index < -0.39 is 0 Å². The Balaban J connectivity index is 1.41. The number of nitrogens with zero attached hydrogens (tertiary/aromatic N) is 3. The maximum atomic E-state index is 2.49.